The van der Waals surface area contributed by atoms with Gasteiger partial charge in [0.05, 0.1) is 5.69 Å². The second kappa shape index (κ2) is 8.27. The highest BCUT2D eigenvalue weighted by Gasteiger charge is 2.15. The van der Waals surface area contributed by atoms with Crippen LogP contribution in [0.25, 0.3) is 11.3 Å². The standard InChI is InChI=1S/C24H28N2OS/c1-6-16(2)17-7-9-18(10-8-17)21-15-28-23(25-21)26-22(27)19-11-13-20(14-12-19)24(3,4)5/h7-16H,6H2,1-5H3,(H,25,26,27). The first-order valence-corrected chi connectivity index (χ1v) is 10.6. The van der Waals surface area contributed by atoms with Crippen molar-refractivity contribution in [2.75, 3.05) is 5.32 Å². The van der Waals surface area contributed by atoms with Gasteiger partial charge in [0.1, 0.15) is 0 Å². The molecule has 0 aliphatic heterocycles. The van der Waals surface area contributed by atoms with Crippen molar-refractivity contribution >= 4 is 22.4 Å². The lowest BCUT2D eigenvalue weighted by atomic mass is 9.87. The molecule has 1 amide bonds. The van der Waals surface area contributed by atoms with Gasteiger partial charge in [-0.1, -0.05) is 71.0 Å². The molecule has 3 rings (SSSR count). The molecule has 0 saturated carbocycles. The number of anilines is 1. The van der Waals surface area contributed by atoms with E-state index in [0.29, 0.717) is 16.6 Å². The van der Waals surface area contributed by atoms with Crippen molar-refractivity contribution in [2.24, 2.45) is 0 Å². The van der Waals surface area contributed by atoms with Crippen molar-refractivity contribution in [2.45, 2.75) is 52.4 Å². The predicted octanol–water partition coefficient (Wildman–Crippen LogP) is 6.87. The highest BCUT2D eigenvalue weighted by molar-refractivity contribution is 7.14. The SMILES string of the molecule is CCC(C)c1ccc(-c2csc(NC(=O)c3ccc(C(C)(C)C)cc3)n2)cc1. The Hall–Kier alpha value is -2.46. The largest absolute Gasteiger partial charge is 0.298 e. The molecule has 0 radical (unpaired) electrons. The van der Waals surface area contributed by atoms with Crippen LogP contribution in [0.5, 0.6) is 0 Å². The number of rotatable bonds is 5. The Morgan fingerprint density at radius 2 is 1.71 bits per heavy atom. The zero-order chi connectivity index (χ0) is 20.3. The lowest BCUT2D eigenvalue weighted by molar-refractivity contribution is 0.102. The van der Waals surface area contributed by atoms with Gasteiger partial charge in [-0.3, -0.25) is 10.1 Å². The Bertz CT molecular complexity index is 934. The normalized spacial score (nSPS) is 12.6. The summed E-state index contributed by atoms with van der Waals surface area (Å²) in [5, 5.41) is 5.51. The summed E-state index contributed by atoms with van der Waals surface area (Å²) in [6, 6.07) is 16.3. The molecule has 1 aromatic heterocycles. The maximum absolute atomic E-state index is 12.5. The minimum absolute atomic E-state index is 0.0731. The number of thiazole rings is 1. The van der Waals surface area contributed by atoms with Gasteiger partial charge in [0.15, 0.2) is 5.13 Å². The summed E-state index contributed by atoms with van der Waals surface area (Å²) < 4.78 is 0. The number of hydrogen-bond donors (Lipinski definition) is 1. The van der Waals surface area contributed by atoms with E-state index >= 15 is 0 Å². The second-order valence-corrected chi connectivity index (χ2v) is 9.11. The van der Waals surface area contributed by atoms with Gasteiger partial charge in [0.2, 0.25) is 0 Å². The molecule has 146 valence electrons. The summed E-state index contributed by atoms with van der Waals surface area (Å²) in [6.45, 7) is 10.9. The van der Waals surface area contributed by atoms with E-state index in [4.69, 9.17) is 0 Å². The maximum atomic E-state index is 12.5. The summed E-state index contributed by atoms with van der Waals surface area (Å²) in [6.07, 6.45) is 1.13. The van der Waals surface area contributed by atoms with E-state index in [2.05, 4.69) is 69.2 Å². The smallest absolute Gasteiger partial charge is 0.257 e. The van der Waals surface area contributed by atoms with Crippen LogP contribution in [0, 0.1) is 0 Å². The van der Waals surface area contributed by atoms with Crippen LogP contribution in [-0.4, -0.2) is 10.9 Å². The van der Waals surface area contributed by atoms with Crippen molar-refractivity contribution in [1.29, 1.82) is 0 Å². The van der Waals surface area contributed by atoms with Gasteiger partial charge in [-0.05, 0) is 41.0 Å². The Balaban J connectivity index is 1.69. The highest BCUT2D eigenvalue weighted by Crippen LogP contribution is 2.28. The molecule has 1 N–H and O–H groups in total. The third kappa shape index (κ3) is 4.68. The van der Waals surface area contributed by atoms with Crippen LogP contribution in [0.2, 0.25) is 0 Å². The molecule has 4 heteroatoms. The number of amides is 1. The van der Waals surface area contributed by atoms with Crippen LogP contribution < -0.4 is 5.32 Å². The summed E-state index contributed by atoms with van der Waals surface area (Å²) in [5.74, 6) is 0.428. The van der Waals surface area contributed by atoms with Gasteiger partial charge in [0, 0.05) is 16.5 Å². The van der Waals surface area contributed by atoms with Gasteiger partial charge in [-0.25, -0.2) is 4.98 Å². The monoisotopic (exact) mass is 392 g/mol. The third-order valence-electron chi connectivity index (χ3n) is 5.13. The number of carbonyl (C=O) groups is 1. The highest BCUT2D eigenvalue weighted by atomic mass is 32.1. The molecule has 1 heterocycles. The van der Waals surface area contributed by atoms with Crippen LogP contribution in [0.1, 0.15) is 68.4 Å². The van der Waals surface area contributed by atoms with Crippen molar-refractivity contribution in [3.8, 4) is 11.3 Å². The predicted molar refractivity (Wildman–Crippen MR) is 119 cm³/mol. The molecule has 3 aromatic rings. The van der Waals surface area contributed by atoms with Crippen LogP contribution in [-0.2, 0) is 5.41 Å². The van der Waals surface area contributed by atoms with E-state index in [1.807, 2.05) is 29.6 Å². The fraction of sp³-hybridized carbons (Fsp3) is 0.333. The molecular formula is C24H28N2OS. The maximum Gasteiger partial charge on any atom is 0.257 e. The van der Waals surface area contributed by atoms with Crippen LogP contribution in [0.4, 0.5) is 5.13 Å². The molecule has 1 unspecified atom stereocenters. The van der Waals surface area contributed by atoms with Crippen LogP contribution in [0.15, 0.2) is 53.9 Å². The number of hydrogen-bond acceptors (Lipinski definition) is 3. The lowest BCUT2D eigenvalue weighted by Crippen LogP contribution is -2.14. The van der Waals surface area contributed by atoms with Crippen molar-refractivity contribution in [1.82, 2.24) is 4.98 Å². The Labute approximate surface area is 171 Å². The number of benzene rings is 2. The van der Waals surface area contributed by atoms with Crippen molar-refractivity contribution in [3.05, 3.63) is 70.6 Å². The molecular weight excluding hydrogens is 364 g/mol. The van der Waals surface area contributed by atoms with E-state index in [-0.39, 0.29) is 11.3 Å². The van der Waals surface area contributed by atoms with E-state index in [9.17, 15) is 4.79 Å². The Morgan fingerprint density at radius 1 is 1.07 bits per heavy atom. The summed E-state index contributed by atoms with van der Waals surface area (Å²) in [4.78, 5) is 17.1. The third-order valence-corrected chi connectivity index (χ3v) is 5.88. The molecule has 28 heavy (non-hydrogen) atoms. The quantitative estimate of drug-likeness (QED) is 0.514. The molecule has 2 aromatic carbocycles. The Morgan fingerprint density at radius 3 is 2.29 bits per heavy atom. The van der Waals surface area contributed by atoms with Gasteiger partial charge in [-0.2, -0.15) is 0 Å². The number of nitrogens with one attached hydrogen (secondary N) is 1. The molecule has 0 spiro atoms. The molecule has 0 aliphatic carbocycles. The summed E-state index contributed by atoms with van der Waals surface area (Å²) in [7, 11) is 0. The van der Waals surface area contributed by atoms with Gasteiger partial charge in [-0.15, -0.1) is 11.3 Å². The minimum Gasteiger partial charge on any atom is -0.298 e. The molecule has 0 aliphatic rings. The van der Waals surface area contributed by atoms with E-state index in [1.165, 1.54) is 22.5 Å². The van der Waals surface area contributed by atoms with Crippen LogP contribution >= 0.6 is 11.3 Å². The number of aromatic nitrogens is 1. The first-order chi connectivity index (χ1) is 13.3. The zero-order valence-electron chi connectivity index (χ0n) is 17.2. The second-order valence-electron chi connectivity index (χ2n) is 8.25. The molecule has 0 saturated heterocycles. The van der Waals surface area contributed by atoms with Crippen LogP contribution in [0.3, 0.4) is 0 Å². The van der Waals surface area contributed by atoms with Gasteiger partial charge >= 0.3 is 0 Å². The van der Waals surface area contributed by atoms with Crippen molar-refractivity contribution in [3.63, 3.8) is 0 Å². The molecule has 1 atom stereocenters. The average molecular weight is 393 g/mol. The van der Waals surface area contributed by atoms with E-state index in [0.717, 1.165) is 17.7 Å². The zero-order valence-corrected chi connectivity index (χ0v) is 18.1. The van der Waals surface area contributed by atoms with E-state index < -0.39 is 0 Å². The van der Waals surface area contributed by atoms with Gasteiger partial charge in [0.25, 0.3) is 5.91 Å². The molecule has 3 nitrogen and oxygen atoms in total. The lowest BCUT2D eigenvalue weighted by Gasteiger charge is -2.18. The van der Waals surface area contributed by atoms with Crippen molar-refractivity contribution < 1.29 is 4.79 Å². The van der Waals surface area contributed by atoms with Gasteiger partial charge < -0.3 is 0 Å². The summed E-state index contributed by atoms with van der Waals surface area (Å²) >= 11 is 1.45. The first-order valence-electron chi connectivity index (χ1n) is 9.75. The molecule has 0 fully saturated rings. The first kappa shape index (κ1) is 20.3. The number of carbonyl (C=O) groups excluding carboxylic acids is 1. The fourth-order valence-corrected chi connectivity index (χ4v) is 3.69. The Kier molecular flexibility index (Phi) is 5.99. The summed E-state index contributed by atoms with van der Waals surface area (Å²) in [5.41, 5.74) is 5.22. The topological polar surface area (TPSA) is 42.0 Å². The number of nitrogens with zero attached hydrogens (tertiary/aromatic N) is 1. The molecule has 0 bridgehead atoms. The minimum atomic E-state index is -0.131. The average Bonchev–Trinajstić information content (AvgIpc) is 3.15. The fourth-order valence-electron chi connectivity index (χ4n) is 2.97. The van der Waals surface area contributed by atoms with E-state index in [1.54, 1.807) is 0 Å².